The second kappa shape index (κ2) is 17.7. The van der Waals surface area contributed by atoms with Gasteiger partial charge in [-0.2, -0.15) is 0 Å². The Bertz CT molecular complexity index is 2340. The molecular formula is C47H53N5O7S. The largest absolute Gasteiger partial charge is 0.491 e. The van der Waals surface area contributed by atoms with Crippen molar-refractivity contribution >= 4 is 50.3 Å². The van der Waals surface area contributed by atoms with E-state index in [1.54, 1.807) is 0 Å². The number of pyridine rings is 1. The molecule has 1 amide bonds. The average molecular weight is 832 g/mol. The van der Waals surface area contributed by atoms with Crippen LogP contribution in [0.15, 0.2) is 72.8 Å². The molecule has 3 aliphatic rings. The summed E-state index contributed by atoms with van der Waals surface area (Å²) in [7, 11) is 0. The first-order valence-electron chi connectivity index (χ1n) is 21.0. The van der Waals surface area contributed by atoms with Crippen molar-refractivity contribution in [1.82, 2.24) is 14.9 Å². The van der Waals surface area contributed by atoms with Crippen molar-refractivity contribution in [3.05, 3.63) is 101 Å². The highest BCUT2D eigenvalue weighted by molar-refractivity contribution is 7.22. The number of ether oxygens (including phenoxy) is 4. The van der Waals surface area contributed by atoms with E-state index in [-0.39, 0.29) is 23.7 Å². The lowest BCUT2D eigenvalue weighted by atomic mass is 9.94. The zero-order chi connectivity index (χ0) is 42.0. The number of fused-ring (bicyclic) bond motifs is 4. The SMILES string of the molecule is CCOC(=O)CN1[C@@H]2CC[C@H]1C[C@H](OCCOc1cccc(-c3ccc(N4CCc5cccc(C(=O)Nc6nc7ccccc7s6)c5C4)nc3C(=O)OC(C)(C)C)c1C)C2. The third-order valence-electron chi connectivity index (χ3n) is 11.6. The molecule has 3 aromatic carbocycles. The molecule has 2 aromatic heterocycles. The number of nitrogens with zero attached hydrogens (tertiary/aromatic N) is 4. The van der Waals surface area contributed by atoms with E-state index >= 15 is 0 Å². The number of piperidine rings is 1. The van der Waals surface area contributed by atoms with Crippen LogP contribution in [0.3, 0.4) is 0 Å². The average Bonchev–Trinajstić information content (AvgIpc) is 3.73. The monoisotopic (exact) mass is 831 g/mol. The number of nitrogens with one attached hydrogen (secondary N) is 1. The lowest BCUT2D eigenvalue weighted by Crippen LogP contribution is -2.48. The standard InChI is InChI=1S/C47H53N5O7S/c1-6-56-42(53)28-52-31-17-18-32(52)26-33(25-31)57-23-24-58-39-15-10-12-34(29(39)2)35-19-20-41(49-43(35)45(55)59-47(3,4)5)51-22-21-30-11-9-13-36(37(30)27-51)44(54)50-46-48-38-14-7-8-16-40(38)60-46/h7-16,19-20,31-33H,6,17-18,21-28H2,1-5H3,(H,48,50,54)/t31-,32+,33-. The normalized spacial score (nSPS) is 18.9. The van der Waals surface area contributed by atoms with Crippen molar-refractivity contribution in [2.24, 2.45) is 0 Å². The van der Waals surface area contributed by atoms with E-state index in [1.165, 1.54) is 11.3 Å². The smallest absolute Gasteiger partial charge is 0.358 e. The van der Waals surface area contributed by atoms with Gasteiger partial charge in [0.05, 0.1) is 36.1 Å². The summed E-state index contributed by atoms with van der Waals surface area (Å²) >= 11 is 1.45. The van der Waals surface area contributed by atoms with Crippen LogP contribution in [-0.4, -0.2) is 89.4 Å². The van der Waals surface area contributed by atoms with Crippen molar-refractivity contribution in [3.8, 4) is 16.9 Å². The van der Waals surface area contributed by atoms with Gasteiger partial charge in [-0.1, -0.05) is 47.7 Å². The number of amides is 1. The molecule has 3 atom stereocenters. The molecule has 314 valence electrons. The maximum atomic E-state index is 13.9. The number of hydrogen-bond donors (Lipinski definition) is 1. The minimum absolute atomic E-state index is 0.125. The molecule has 2 fully saturated rings. The van der Waals surface area contributed by atoms with Crippen molar-refractivity contribution in [1.29, 1.82) is 0 Å². The molecule has 0 aliphatic carbocycles. The Balaban J connectivity index is 0.967. The van der Waals surface area contributed by atoms with E-state index in [9.17, 15) is 14.4 Å². The Morgan fingerprint density at radius 1 is 0.900 bits per heavy atom. The summed E-state index contributed by atoms with van der Waals surface area (Å²) in [6.07, 6.45) is 4.77. The van der Waals surface area contributed by atoms with Gasteiger partial charge in [-0.05, 0) is 125 Å². The van der Waals surface area contributed by atoms with Crippen molar-refractivity contribution in [2.45, 2.75) is 97.1 Å². The molecule has 5 heterocycles. The first kappa shape index (κ1) is 41.4. The molecule has 0 unspecified atom stereocenters. The number of thiazole rings is 1. The van der Waals surface area contributed by atoms with Crippen LogP contribution in [0, 0.1) is 6.92 Å². The van der Waals surface area contributed by atoms with Crippen LogP contribution in [0.2, 0.25) is 0 Å². The van der Waals surface area contributed by atoms with Gasteiger partial charge < -0.3 is 23.8 Å². The van der Waals surface area contributed by atoms with Gasteiger partial charge in [-0.15, -0.1) is 0 Å². The fourth-order valence-corrected chi connectivity index (χ4v) is 9.67. The predicted molar refractivity (Wildman–Crippen MR) is 233 cm³/mol. The Morgan fingerprint density at radius 2 is 1.68 bits per heavy atom. The molecule has 60 heavy (non-hydrogen) atoms. The number of anilines is 2. The molecule has 0 radical (unpaired) electrons. The molecule has 13 heteroatoms. The highest BCUT2D eigenvalue weighted by Crippen LogP contribution is 2.38. The van der Waals surface area contributed by atoms with Crippen LogP contribution in [0.5, 0.6) is 5.75 Å². The minimum atomic E-state index is -0.737. The number of benzene rings is 3. The summed E-state index contributed by atoms with van der Waals surface area (Å²) in [5, 5.41) is 3.57. The molecule has 2 bridgehead atoms. The third-order valence-corrected chi connectivity index (χ3v) is 12.5. The first-order chi connectivity index (χ1) is 28.9. The summed E-state index contributed by atoms with van der Waals surface area (Å²) in [5.74, 6) is 0.429. The Morgan fingerprint density at radius 3 is 2.45 bits per heavy atom. The summed E-state index contributed by atoms with van der Waals surface area (Å²) in [4.78, 5) is 53.8. The third kappa shape index (κ3) is 9.18. The fraction of sp³-hybridized carbons (Fsp3) is 0.426. The molecule has 1 N–H and O–H groups in total. The van der Waals surface area contributed by atoms with Crippen molar-refractivity contribution < 1.29 is 33.3 Å². The van der Waals surface area contributed by atoms with Gasteiger partial charge >= 0.3 is 11.9 Å². The second-order valence-electron chi connectivity index (χ2n) is 16.7. The molecular weight excluding hydrogens is 779 g/mol. The predicted octanol–water partition coefficient (Wildman–Crippen LogP) is 8.39. The van der Waals surface area contributed by atoms with Gasteiger partial charge in [0.25, 0.3) is 5.91 Å². The van der Waals surface area contributed by atoms with Crippen molar-refractivity contribution in [2.75, 3.05) is 43.1 Å². The van der Waals surface area contributed by atoms with E-state index in [1.807, 2.05) is 101 Å². The Kier molecular flexibility index (Phi) is 12.2. The van der Waals surface area contributed by atoms with Gasteiger partial charge in [-0.25, -0.2) is 14.8 Å². The number of rotatable bonds is 13. The number of para-hydroxylation sites is 1. The Labute approximate surface area is 355 Å². The molecule has 5 aromatic rings. The van der Waals surface area contributed by atoms with Gasteiger partial charge in [0.1, 0.15) is 23.8 Å². The van der Waals surface area contributed by atoms with Crippen LogP contribution in [0.25, 0.3) is 21.3 Å². The van der Waals surface area contributed by atoms with Gasteiger partial charge in [0, 0.05) is 36.3 Å². The second-order valence-corrected chi connectivity index (χ2v) is 17.8. The van der Waals surface area contributed by atoms with E-state index in [0.717, 1.165) is 58.2 Å². The topological polar surface area (TPSA) is 132 Å². The van der Waals surface area contributed by atoms with E-state index in [4.69, 9.17) is 23.9 Å². The molecule has 8 rings (SSSR count). The molecule has 12 nitrogen and oxygen atoms in total. The lowest BCUT2D eigenvalue weighted by Gasteiger charge is -2.38. The van der Waals surface area contributed by atoms with Gasteiger partial charge in [0.2, 0.25) is 0 Å². The van der Waals surface area contributed by atoms with Crippen molar-refractivity contribution in [3.63, 3.8) is 0 Å². The number of carbonyl (C=O) groups is 3. The molecule has 2 saturated heterocycles. The van der Waals surface area contributed by atoms with Crippen LogP contribution in [0.4, 0.5) is 10.9 Å². The number of aromatic nitrogens is 2. The summed E-state index contributed by atoms with van der Waals surface area (Å²) in [5.41, 5.74) is 5.26. The fourth-order valence-electron chi connectivity index (χ4n) is 8.81. The maximum absolute atomic E-state index is 13.9. The van der Waals surface area contributed by atoms with Crippen LogP contribution < -0.4 is 15.0 Å². The molecule has 0 spiro atoms. The molecule has 3 aliphatic heterocycles. The van der Waals surface area contributed by atoms with E-state index < -0.39 is 11.6 Å². The summed E-state index contributed by atoms with van der Waals surface area (Å²) < 4.78 is 24.8. The highest BCUT2D eigenvalue weighted by Gasteiger charge is 2.42. The quantitative estimate of drug-likeness (QED) is 0.0907. The minimum Gasteiger partial charge on any atom is -0.491 e. The molecule has 0 saturated carbocycles. The summed E-state index contributed by atoms with van der Waals surface area (Å²) in [6, 6.07) is 24.0. The lowest BCUT2D eigenvalue weighted by molar-refractivity contribution is -0.146. The van der Waals surface area contributed by atoms with Crippen LogP contribution in [-0.2, 0) is 32.0 Å². The number of esters is 2. The van der Waals surface area contributed by atoms with E-state index in [0.29, 0.717) is 85.8 Å². The van der Waals surface area contributed by atoms with Gasteiger partial charge in [0.15, 0.2) is 10.8 Å². The summed E-state index contributed by atoms with van der Waals surface area (Å²) in [6.45, 7) is 12.0. The van der Waals surface area contributed by atoms with Crippen LogP contribution in [0.1, 0.15) is 90.9 Å². The zero-order valence-corrected chi connectivity index (χ0v) is 35.8. The number of hydrogen-bond acceptors (Lipinski definition) is 12. The zero-order valence-electron chi connectivity index (χ0n) is 35.0. The first-order valence-corrected chi connectivity index (χ1v) is 21.8. The highest BCUT2D eigenvalue weighted by atomic mass is 32.1. The maximum Gasteiger partial charge on any atom is 0.358 e. The van der Waals surface area contributed by atoms with Gasteiger partial charge in [-0.3, -0.25) is 19.8 Å². The van der Waals surface area contributed by atoms with E-state index in [2.05, 4.69) is 26.2 Å². The van der Waals surface area contributed by atoms with Crippen LogP contribution >= 0.6 is 11.3 Å². The number of carbonyl (C=O) groups excluding carboxylic acids is 3. The Hall–Kier alpha value is -5.37.